The van der Waals surface area contributed by atoms with Gasteiger partial charge in [-0.2, -0.15) is 5.26 Å². The number of rotatable bonds is 0. The van der Waals surface area contributed by atoms with Gasteiger partial charge < -0.3 is 4.40 Å². The Balaban J connectivity index is 2.89. The van der Waals surface area contributed by atoms with Gasteiger partial charge in [0.15, 0.2) is 0 Å². The number of aromatic nitrogens is 2. The molecule has 0 amide bonds. The fraction of sp³-hybridized carbons (Fsp3) is 0. The smallest absolute Gasteiger partial charge is 0.101 e. The summed E-state index contributed by atoms with van der Waals surface area (Å²) in [5.41, 5.74) is 1.52. The summed E-state index contributed by atoms with van der Waals surface area (Å²) in [7, 11) is 0. The molecule has 0 saturated heterocycles. The van der Waals surface area contributed by atoms with Crippen molar-refractivity contribution in [3.63, 3.8) is 0 Å². The zero-order valence-corrected chi connectivity index (χ0v) is 5.73. The minimum Gasteiger partial charge on any atom is -0.320 e. The van der Waals surface area contributed by atoms with Crippen LogP contribution in [-0.4, -0.2) is 9.38 Å². The maximum Gasteiger partial charge on any atom is 0.101 e. The molecule has 2 heterocycles. The van der Waals surface area contributed by atoms with Crippen molar-refractivity contribution in [3.05, 3.63) is 36.4 Å². The maximum absolute atomic E-state index is 8.63. The van der Waals surface area contributed by atoms with Crippen LogP contribution in [0.2, 0.25) is 0 Å². The molecule has 2 aromatic rings. The zero-order valence-electron chi connectivity index (χ0n) is 5.73. The van der Waals surface area contributed by atoms with E-state index in [1.54, 1.807) is 18.5 Å². The second kappa shape index (κ2) is 2.10. The Morgan fingerprint density at radius 1 is 1.45 bits per heavy atom. The predicted molar refractivity (Wildman–Crippen MR) is 39.9 cm³/mol. The highest BCUT2D eigenvalue weighted by Crippen LogP contribution is 2.08. The molecular formula is C8H5N3. The Kier molecular flexibility index (Phi) is 1.13. The predicted octanol–water partition coefficient (Wildman–Crippen LogP) is 1.21. The lowest BCUT2D eigenvalue weighted by molar-refractivity contribution is 1.14. The van der Waals surface area contributed by atoms with Gasteiger partial charge in [0.2, 0.25) is 0 Å². The maximum atomic E-state index is 8.63. The molecule has 0 atom stereocenters. The summed E-state index contributed by atoms with van der Waals surface area (Å²) in [6.45, 7) is 0. The van der Waals surface area contributed by atoms with Crippen molar-refractivity contribution in [1.29, 1.82) is 5.26 Å². The second-order valence-corrected chi connectivity index (χ2v) is 2.21. The van der Waals surface area contributed by atoms with Gasteiger partial charge in [-0.3, -0.25) is 4.98 Å². The monoisotopic (exact) mass is 143 g/mol. The minimum atomic E-state index is 0.665. The van der Waals surface area contributed by atoms with Crippen LogP contribution >= 0.6 is 0 Å². The van der Waals surface area contributed by atoms with Crippen molar-refractivity contribution in [2.45, 2.75) is 0 Å². The molecule has 0 radical (unpaired) electrons. The number of fused-ring (bicyclic) bond motifs is 1. The van der Waals surface area contributed by atoms with E-state index in [1.165, 1.54) is 0 Å². The molecule has 0 aromatic carbocycles. The molecule has 0 spiro atoms. The molecule has 0 aliphatic rings. The summed E-state index contributed by atoms with van der Waals surface area (Å²) < 4.78 is 1.87. The summed E-state index contributed by atoms with van der Waals surface area (Å²) in [6, 6.07) is 3.86. The fourth-order valence-electron chi connectivity index (χ4n) is 1.04. The normalized spacial score (nSPS) is 9.73. The molecule has 0 unspecified atom stereocenters. The summed E-state index contributed by atoms with van der Waals surface area (Å²) >= 11 is 0. The van der Waals surface area contributed by atoms with Crippen molar-refractivity contribution in [3.8, 4) is 6.07 Å². The van der Waals surface area contributed by atoms with Crippen LogP contribution in [0.3, 0.4) is 0 Å². The van der Waals surface area contributed by atoms with Gasteiger partial charge in [-0.1, -0.05) is 0 Å². The lowest BCUT2D eigenvalue weighted by Gasteiger charge is -1.89. The van der Waals surface area contributed by atoms with Gasteiger partial charge in [-0.25, -0.2) is 0 Å². The molecule has 2 rings (SSSR count). The van der Waals surface area contributed by atoms with Crippen LogP contribution in [-0.2, 0) is 0 Å². The number of nitriles is 1. The van der Waals surface area contributed by atoms with E-state index in [0.29, 0.717) is 5.56 Å². The van der Waals surface area contributed by atoms with Crippen molar-refractivity contribution in [2.24, 2.45) is 0 Å². The standard InChI is InChI=1S/C8H5N3/c9-5-7-1-3-11-4-2-10-6-8(7)11/h1-4,6H. The van der Waals surface area contributed by atoms with Crippen molar-refractivity contribution in [2.75, 3.05) is 0 Å². The lowest BCUT2D eigenvalue weighted by Crippen LogP contribution is -1.82. The Labute approximate surface area is 63.5 Å². The highest BCUT2D eigenvalue weighted by Gasteiger charge is 1.98. The van der Waals surface area contributed by atoms with Crippen molar-refractivity contribution < 1.29 is 0 Å². The molecule has 0 N–H and O–H groups in total. The van der Waals surface area contributed by atoms with E-state index in [-0.39, 0.29) is 0 Å². The van der Waals surface area contributed by atoms with E-state index in [1.807, 2.05) is 16.8 Å². The molecule has 52 valence electrons. The Bertz CT molecular complexity index is 422. The van der Waals surface area contributed by atoms with Crippen LogP contribution in [0.25, 0.3) is 5.52 Å². The minimum absolute atomic E-state index is 0.665. The fourth-order valence-corrected chi connectivity index (χ4v) is 1.04. The third-order valence-electron chi connectivity index (χ3n) is 1.59. The lowest BCUT2D eigenvalue weighted by atomic mass is 10.3. The number of hydrogen-bond donors (Lipinski definition) is 0. The largest absolute Gasteiger partial charge is 0.320 e. The third-order valence-corrected chi connectivity index (χ3v) is 1.59. The quantitative estimate of drug-likeness (QED) is 0.556. The molecule has 0 aliphatic heterocycles. The SMILES string of the molecule is N#Cc1ccn2ccncc12. The third kappa shape index (κ3) is 0.767. The molecule has 0 bridgehead atoms. The van der Waals surface area contributed by atoms with E-state index in [9.17, 15) is 0 Å². The van der Waals surface area contributed by atoms with Gasteiger partial charge in [0, 0.05) is 18.6 Å². The average molecular weight is 143 g/mol. The summed E-state index contributed by atoms with van der Waals surface area (Å²) in [5.74, 6) is 0. The van der Waals surface area contributed by atoms with E-state index in [0.717, 1.165) is 5.52 Å². The Hall–Kier alpha value is -1.82. The highest BCUT2D eigenvalue weighted by molar-refractivity contribution is 5.59. The first-order chi connectivity index (χ1) is 5.42. The van der Waals surface area contributed by atoms with E-state index < -0.39 is 0 Å². The highest BCUT2D eigenvalue weighted by atomic mass is 14.9. The van der Waals surface area contributed by atoms with Gasteiger partial charge >= 0.3 is 0 Å². The number of nitrogens with zero attached hydrogens (tertiary/aromatic N) is 3. The molecule has 11 heavy (non-hydrogen) atoms. The van der Waals surface area contributed by atoms with Crippen molar-refractivity contribution in [1.82, 2.24) is 9.38 Å². The first-order valence-corrected chi connectivity index (χ1v) is 3.22. The molecule has 3 nitrogen and oxygen atoms in total. The van der Waals surface area contributed by atoms with Crippen molar-refractivity contribution >= 4 is 5.52 Å². The van der Waals surface area contributed by atoms with Gasteiger partial charge in [0.05, 0.1) is 17.3 Å². The first-order valence-electron chi connectivity index (χ1n) is 3.22. The molecular weight excluding hydrogens is 138 g/mol. The van der Waals surface area contributed by atoms with Crippen LogP contribution in [0.1, 0.15) is 5.56 Å². The van der Waals surface area contributed by atoms with Gasteiger partial charge in [-0.15, -0.1) is 0 Å². The van der Waals surface area contributed by atoms with Crippen LogP contribution < -0.4 is 0 Å². The zero-order chi connectivity index (χ0) is 7.68. The van der Waals surface area contributed by atoms with E-state index in [2.05, 4.69) is 11.1 Å². The van der Waals surface area contributed by atoms with E-state index >= 15 is 0 Å². The number of hydrogen-bond acceptors (Lipinski definition) is 2. The van der Waals surface area contributed by atoms with Crippen LogP contribution in [0.4, 0.5) is 0 Å². The van der Waals surface area contributed by atoms with Gasteiger partial charge in [0.1, 0.15) is 6.07 Å². The van der Waals surface area contributed by atoms with E-state index in [4.69, 9.17) is 5.26 Å². The summed E-state index contributed by atoms with van der Waals surface area (Å²) in [4.78, 5) is 3.92. The van der Waals surface area contributed by atoms with Crippen LogP contribution in [0.15, 0.2) is 30.9 Å². The average Bonchev–Trinajstić information content (AvgIpc) is 2.47. The van der Waals surface area contributed by atoms with Gasteiger partial charge in [-0.05, 0) is 6.07 Å². The molecule has 3 heteroatoms. The second-order valence-electron chi connectivity index (χ2n) is 2.21. The van der Waals surface area contributed by atoms with Gasteiger partial charge in [0.25, 0.3) is 0 Å². The summed E-state index contributed by atoms with van der Waals surface area (Å²) in [6.07, 6.45) is 7.03. The first kappa shape index (κ1) is 5.93. The molecule has 0 saturated carbocycles. The summed E-state index contributed by atoms with van der Waals surface area (Å²) in [5, 5.41) is 8.63. The van der Waals surface area contributed by atoms with Crippen LogP contribution in [0.5, 0.6) is 0 Å². The Morgan fingerprint density at radius 2 is 2.36 bits per heavy atom. The molecule has 0 aliphatic carbocycles. The Morgan fingerprint density at radius 3 is 3.18 bits per heavy atom. The van der Waals surface area contributed by atoms with Crippen LogP contribution in [0, 0.1) is 11.3 Å². The molecule has 2 aromatic heterocycles. The topological polar surface area (TPSA) is 41.1 Å². The molecule has 0 fully saturated rings.